The zero-order valence-corrected chi connectivity index (χ0v) is 11.1. The first-order valence-electron chi connectivity index (χ1n) is 3.34. The molecule has 0 aliphatic carbocycles. The maximum absolute atomic E-state index is 5.78. The second-order valence-electron chi connectivity index (χ2n) is 2.28. The van der Waals surface area contributed by atoms with Crippen molar-refractivity contribution in [3.63, 3.8) is 0 Å². The molecule has 1 aromatic carbocycles. The molecule has 1 aromatic rings. The number of hydrogen-bond acceptors (Lipinski definition) is 2. The van der Waals surface area contributed by atoms with Gasteiger partial charge in [-0.25, -0.2) is 0 Å². The Labute approximate surface area is 111 Å². The van der Waals surface area contributed by atoms with Crippen LogP contribution in [0.15, 0.2) is 18.2 Å². The summed E-state index contributed by atoms with van der Waals surface area (Å²) in [6.07, 6.45) is 0. The molecule has 0 unspecified atom stereocenters. The minimum Gasteiger partial charge on any atom is -0.326 e. The molecule has 0 saturated carbocycles. The molecular formula is C7H4Cl5NS. The lowest BCUT2D eigenvalue weighted by Crippen LogP contribution is -1.99. The van der Waals surface area contributed by atoms with E-state index in [4.69, 9.17) is 58.0 Å². The molecule has 14 heavy (non-hydrogen) atoms. The van der Waals surface area contributed by atoms with E-state index < -0.39 is 3.12 Å². The highest BCUT2D eigenvalue weighted by Crippen LogP contribution is 2.39. The van der Waals surface area contributed by atoms with Crippen molar-refractivity contribution in [2.45, 2.75) is 3.12 Å². The molecule has 1 rings (SSSR count). The molecule has 1 N–H and O–H groups in total. The number of rotatable bonds is 2. The number of anilines is 1. The molecule has 78 valence electrons. The van der Waals surface area contributed by atoms with Gasteiger partial charge in [0, 0.05) is 17.6 Å². The Morgan fingerprint density at radius 1 is 1.07 bits per heavy atom. The molecule has 0 aliphatic rings. The van der Waals surface area contributed by atoms with Gasteiger partial charge in [-0.2, -0.15) is 0 Å². The zero-order valence-electron chi connectivity index (χ0n) is 6.53. The predicted octanol–water partition coefficient (Wildman–Crippen LogP) is 5.38. The maximum Gasteiger partial charge on any atom is 0.256 e. The van der Waals surface area contributed by atoms with Crippen molar-refractivity contribution in [3.05, 3.63) is 28.2 Å². The van der Waals surface area contributed by atoms with Crippen LogP contribution in [0.2, 0.25) is 10.0 Å². The van der Waals surface area contributed by atoms with E-state index >= 15 is 0 Å². The summed E-state index contributed by atoms with van der Waals surface area (Å²) in [6.45, 7) is 0. The average Bonchev–Trinajstić information content (AvgIpc) is 2.06. The Bertz CT molecular complexity index is 324. The summed E-state index contributed by atoms with van der Waals surface area (Å²) in [5, 5.41) is 0.928. The molecule has 1 nitrogen and oxygen atoms in total. The summed E-state index contributed by atoms with van der Waals surface area (Å²) in [4.78, 5) is 0. The first kappa shape index (κ1) is 12.9. The van der Waals surface area contributed by atoms with E-state index in [2.05, 4.69) is 4.72 Å². The monoisotopic (exact) mass is 309 g/mol. The van der Waals surface area contributed by atoms with Gasteiger partial charge in [-0.05, 0) is 18.2 Å². The van der Waals surface area contributed by atoms with Crippen molar-refractivity contribution in [1.82, 2.24) is 0 Å². The third kappa shape index (κ3) is 4.56. The summed E-state index contributed by atoms with van der Waals surface area (Å²) in [5.74, 6) is 0. The topological polar surface area (TPSA) is 12.0 Å². The van der Waals surface area contributed by atoms with Gasteiger partial charge in [0.05, 0.1) is 10.0 Å². The standard InChI is InChI=1S/C7H4Cl5NS/c8-5-2-1-4(3-6(5)9)13-14-7(10,11)12/h1-3,13H. The molecule has 0 aliphatic heterocycles. The average molecular weight is 311 g/mol. The van der Waals surface area contributed by atoms with Gasteiger partial charge >= 0.3 is 0 Å². The summed E-state index contributed by atoms with van der Waals surface area (Å²) in [7, 11) is 0. The molecule has 0 fully saturated rings. The van der Waals surface area contributed by atoms with Gasteiger partial charge < -0.3 is 4.72 Å². The van der Waals surface area contributed by atoms with Crippen molar-refractivity contribution in [3.8, 4) is 0 Å². The number of nitrogens with one attached hydrogen (secondary N) is 1. The van der Waals surface area contributed by atoms with Gasteiger partial charge in [0.2, 0.25) is 0 Å². The summed E-state index contributed by atoms with van der Waals surface area (Å²) >= 11 is 29.0. The number of benzene rings is 1. The molecule has 0 spiro atoms. The molecule has 0 heterocycles. The lowest BCUT2D eigenvalue weighted by Gasteiger charge is -2.11. The third-order valence-electron chi connectivity index (χ3n) is 1.20. The van der Waals surface area contributed by atoms with Crippen LogP contribution in [0.1, 0.15) is 0 Å². The fourth-order valence-electron chi connectivity index (χ4n) is 0.676. The highest BCUT2D eigenvalue weighted by molar-refractivity contribution is 8.05. The number of alkyl halides is 3. The molecule has 0 radical (unpaired) electrons. The fraction of sp³-hybridized carbons (Fsp3) is 0.143. The summed E-state index contributed by atoms with van der Waals surface area (Å²) in [5.41, 5.74) is 0.718. The van der Waals surface area contributed by atoms with E-state index in [-0.39, 0.29) is 0 Å². The third-order valence-corrected chi connectivity index (χ3v) is 3.21. The minimum atomic E-state index is -1.41. The van der Waals surface area contributed by atoms with Crippen LogP contribution >= 0.6 is 70.0 Å². The fourth-order valence-corrected chi connectivity index (χ4v) is 1.68. The Balaban J connectivity index is 2.65. The van der Waals surface area contributed by atoms with Crippen molar-refractivity contribution in [1.29, 1.82) is 0 Å². The maximum atomic E-state index is 5.78. The van der Waals surface area contributed by atoms with Crippen LogP contribution < -0.4 is 4.72 Å². The van der Waals surface area contributed by atoms with E-state index in [1.54, 1.807) is 18.2 Å². The van der Waals surface area contributed by atoms with E-state index in [1.165, 1.54) is 0 Å². The lowest BCUT2D eigenvalue weighted by molar-refractivity contribution is 1.66. The molecule has 0 bridgehead atoms. The SMILES string of the molecule is Clc1ccc(NSC(Cl)(Cl)Cl)cc1Cl. The van der Waals surface area contributed by atoms with E-state index in [0.717, 1.165) is 17.6 Å². The second-order valence-corrected chi connectivity index (χ2v) is 7.07. The van der Waals surface area contributed by atoms with Gasteiger partial charge in [-0.1, -0.05) is 58.0 Å². The Morgan fingerprint density at radius 3 is 2.21 bits per heavy atom. The largest absolute Gasteiger partial charge is 0.326 e. The van der Waals surface area contributed by atoms with Gasteiger partial charge in [0.1, 0.15) is 0 Å². The van der Waals surface area contributed by atoms with Gasteiger partial charge in [0.25, 0.3) is 3.12 Å². The first-order valence-corrected chi connectivity index (χ1v) is 6.05. The molecule has 0 saturated heterocycles. The van der Waals surface area contributed by atoms with Gasteiger partial charge in [-0.3, -0.25) is 0 Å². The molecular weight excluding hydrogens is 307 g/mol. The molecule has 0 aromatic heterocycles. The van der Waals surface area contributed by atoms with Crippen molar-refractivity contribution in [2.24, 2.45) is 0 Å². The van der Waals surface area contributed by atoms with Crippen molar-refractivity contribution >= 4 is 75.6 Å². The number of hydrogen-bond donors (Lipinski definition) is 1. The van der Waals surface area contributed by atoms with E-state index in [0.29, 0.717) is 10.0 Å². The molecule has 0 atom stereocenters. The summed E-state index contributed by atoms with van der Waals surface area (Å²) < 4.78 is 1.42. The van der Waals surface area contributed by atoms with Crippen LogP contribution in [0.5, 0.6) is 0 Å². The Kier molecular flexibility index (Phi) is 4.82. The van der Waals surface area contributed by atoms with Crippen LogP contribution in [0.3, 0.4) is 0 Å². The van der Waals surface area contributed by atoms with Crippen molar-refractivity contribution in [2.75, 3.05) is 4.72 Å². The number of halogens is 5. The minimum absolute atomic E-state index is 0.446. The van der Waals surface area contributed by atoms with Crippen molar-refractivity contribution < 1.29 is 0 Å². The highest BCUT2D eigenvalue weighted by atomic mass is 35.6. The van der Waals surface area contributed by atoms with Crippen LogP contribution in [0.4, 0.5) is 5.69 Å². The summed E-state index contributed by atoms with van der Waals surface area (Å²) in [6, 6.07) is 5.04. The predicted molar refractivity (Wildman–Crippen MR) is 68.0 cm³/mol. The van der Waals surface area contributed by atoms with Crippen LogP contribution in [0.25, 0.3) is 0 Å². The molecule has 7 heteroatoms. The molecule has 0 amide bonds. The normalized spacial score (nSPS) is 11.5. The smallest absolute Gasteiger partial charge is 0.256 e. The quantitative estimate of drug-likeness (QED) is 0.581. The van der Waals surface area contributed by atoms with Crippen LogP contribution in [-0.4, -0.2) is 3.12 Å². The van der Waals surface area contributed by atoms with Gasteiger partial charge in [-0.15, -0.1) is 0 Å². The highest BCUT2D eigenvalue weighted by Gasteiger charge is 2.20. The van der Waals surface area contributed by atoms with Crippen LogP contribution in [0, 0.1) is 0 Å². The van der Waals surface area contributed by atoms with Gasteiger partial charge in [0.15, 0.2) is 0 Å². The Morgan fingerprint density at radius 2 is 1.71 bits per heavy atom. The lowest BCUT2D eigenvalue weighted by atomic mass is 10.3. The van der Waals surface area contributed by atoms with E-state index in [9.17, 15) is 0 Å². The first-order chi connectivity index (χ1) is 6.38. The van der Waals surface area contributed by atoms with E-state index in [1.807, 2.05) is 0 Å². The van der Waals surface area contributed by atoms with Crippen LogP contribution in [-0.2, 0) is 0 Å². The zero-order chi connectivity index (χ0) is 10.8. The Hall–Kier alpha value is 0.820. The second kappa shape index (κ2) is 5.24.